The van der Waals surface area contributed by atoms with Crippen molar-refractivity contribution in [1.82, 2.24) is 0 Å². The van der Waals surface area contributed by atoms with Crippen molar-refractivity contribution in [2.75, 3.05) is 5.32 Å². The van der Waals surface area contributed by atoms with E-state index in [2.05, 4.69) is 10.2 Å². The Morgan fingerprint density at radius 1 is 1.08 bits per heavy atom. The fourth-order valence-corrected chi connectivity index (χ4v) is 3.36. The Morgan fingerprint density at radius 3 is 2.08 bits per heavy atom. The fraction of sp³-hybridized carbons (Fsp3) is 0.0625. The molecule has 0 aliphatic carbocycles. The molecule has 0 fully saturated rings. The normalized spacial score (nSPS) is 10.1. The van der Waals surface area contributed by atoms with Crippen LogP contribution in [0.2, 0.25) is 25.1 Å². The summed E-state index contributed by atoms with van der Waals surface area (Å²) in [5, 5.41) is 12.2. The Morgan fingerprint density at radius 2 is 1.64 bits per heavy atom. The topological polar surface area (TPSA) is 57.2 Å². The summed E-state index contributed by atoms with van der Waals surface area (Å²) in [4.78, 5) is 14.7. The number of rotatable bonds is 3. The molecule has 0 aromatic heterocycles. The molecule has 0 saturated heterocycles. The lowest BCUT2D eigenvalue weighted by Gasteiger charge is -2.16. The molecule has 0 atom stereocenters. The van der Waals surface area contributed by atoms with Crippen LogP contribution in [0, 0.1) is 17.9 Å². The van der Waals surface area contributed by atoms with Gasteiger partial charge in [0.2, 0.25) is 5.69 Å². The van der Waals surface area contributed by atoms with Crippen LogP contribution in [0.5, 0.6) is 0 Å². The van der Waals surface area contributed by atoms with Crippen molar-refractivity contribution in [1.29, 1.82) is 5.26 Å². The number of halogens is 5. The quantitative estimate of drug-likeness (QED) is 0.313. The van der Waals surface area contributed by atoms with Gasteiger partial charge >= 0.3 is 0 Å². The zero-order chi connectivity index (χ0) is 18.9. The number of hydrogen-bond donors (Lipinski definition) is 1. The number of benzene rings is 2. The molecule has 0 aliphatic rings. The number of Topliss-reactive ketones (excluding diaryl/α,β-unsaturated/α-hetero) is 1. The Kier molecular flexibility index (Phi) is 6.06. The van der Waals surface area contributed by atoms with Gasteiger partial charge in [0.25, 0.3) is 0 Å². The van der Waals surface area contributed by atoms with Crippen molar-refractivity contribution in [3.05, 3.63) is 59.8 Å². The minimum Gasteiger partial charge on any atom is -0.351 e. The van der Waals surface area contributed by atoms with Crippen LogP contribution in [0.15, 0.2) is 12.1 Å². The predicted octanol–water partition coefficient (Wildman–Crippen LogP) is 7.32. The second kappa shape index (κ2) is 7.70. The minimum absolute atomic E-state index is 0.0611. The highest BCUT2D eigenvalue weighted by Crippen LogP contribution is 2.48. The first-order valence-corrected chi connectivity index (χ1v) is 8.36. The monoisotopic (exact) mass is 431 g/mol. The molecular weight excluding hydrogens is 427 g/mol. The third-order valence-corrected chi connectivity index (χ3v) is 5.03. The Bertz CT molecular complexity index is 966. The first-order valence-electron chi connectivity index (χ1n) is 6.47. The van der Waals surface area contributed by atoms with E-state index in [1.165, 1.54) is 19.1 Å². The molecule has 0 radical (unpaired) electrons. The van der Waals surface area contributed by atoms with Crippen molar-refractivity contribution < 1.29 is 4.79 Å². The predicted molar refractivity (Wildman–Crippen MR) is 102 cm³/mol. The first-order chi connectivity index (χ1) is 11.7. The summed E-state index contributed by atoms with van der Waals surface area (Å²) in [5.41, 5.74) is 0.399. The highest BCUT2D eigenvalue weighted by atomic mass is 35.5. The summed E-state index contributed by atoms with van der Waals surface area (Å²) >= 11 is 30.7. The third kappa shape index (κ3) is 3.65. The van der Waals surface area contributed by atoms with E-state index in [1.54, 1.807) is 0 Å². The van der Waals surface area contributed by atoms with Crippen LogP contribution in [-0.2, 0) is 0 Å². The van der Waals surface area contributed by atoms with E-state index in [-0.39, 0.29) is 53.5 Å². The van der Waals surface area contributed by atoms with E-state index in [4.69, 9.17) is 64.6 Å². The molecular formula is C16H6Cl5N3O. The minimum atomic E-state index is -0.210. The van der Waals surface area contributed by atoms with Crippen LogP contribution in [0.4, 0.5) is 17.1 Å². The number of carbonyl (C=O) groups excluding carboxylic acids is 1. The molecule has 0 saturated carbocycles. The molecule has 2 aromatic rings. The van der Waals surface area contributed by atoms with Gasteiger partial charge in [-0.25, -0.2) is 4.85 Å². The molecule has 1 N–H and O–H groups in total. The van der Waals surface area contributed by atoms with Gasteiger partial charge in [-0.2, -0.15) is 5.26 Å². The van der Waals surface area contributed by atoms with Crippen LogP contribution in [0.25, 0.3) is 4.85 Å². The summed E-state index contributed by atoms with van der Waals surface area (Å²) in [5.74, 6) is -0.210. The smallest absolute Gasteiger partial charge is 0.226 e. The molecule has 25 heavy (non-hydrogen) atoms. The molecule has 2 rings (SSSR count). The number of carbonyl (C=O) groups is 1. The SMILES string of the molecule is [C-]#[N+]c1c(Cl)c(Cl)c(Nc2c(Cl)cc(C(C)=O)cc2Cl)c(C#N)c1Cl. The van der Waals surface area contributed by atoms with E-state index in [1.807, 2.05) is 6.07 Å². The van der Waals surface area contributed by atoms with Crippen molar-refractivity contribution in [2.24, 2.45) is 0 Å². The highest BCUT2D eigenvalue weighted by molar-refractivity contribution is 6.49. The lowest BCUT2D eigenvalue weighted by Crippen LogP contribution is -2.00. The molecule has 0 aliphatic heterocycles. The number of nitriles is 1. The molecule has 0 heterocycles. The average Bonchev–Trinajstić information content (AvgIpc) is 2.55. The number of nitrogens with zero attached hydrogens (tertiary/aromatic N) is 2. The summed E-state index contributed by atoms with van der Waals surface area (Å²) in [7, 11) is 0. The lowest BCUT2D eigenvalue weighted by atomic mass is 10.1. The van der Waals surface area contributed by atoms with Gasteiger partial charge in [0, 0.05) is 5.56 Å². The molecule has 0 spiro atoms. The van der Waals surface area contributed by atoms with Gasteiger partial charge < -0.3 is 5.32 Å². The second-order valence-electron chi connectivity index (χ2n) is 4.76. The van der Waals surface area contributed by atoms with Gasteiger partial charge in [-0.15, -0.1) is 0 Å². The van der Waals surface area contributed by atoms with E-state index >= 15 is 0 Å². The summed E-state index contributed by atoms with van der Waals surface area (Å²) < 4.78 is 0. The highest BCUT2D eigenvalue weighted by Gasteiger charge is 2.23. The average molecular weight is 434 g/mol. The van der Waals surface area contributed by atoms with Gasteiger partial charge in [0.05, 0.1) is 48.6 Å². The Labute approximate surface area is 168 Å². The fourth-order valence-electron chi connectivity index (χ4n) is 1.99. The maximum absolute atomic E-state index is 11.5. The largest absolute Gasteiger partial charge is 0.351 e. The van der Waals surface area contributed by atoms with Gasteiger partial charge in [0.15, 0.2) is 5.78 Å². The molecule has 0 bridgehead atoms. The Balaban J connectivity index is 2.69. The van der Waals surface area contributed by atoms with Gasteiger partial charge in [-0.1, -0.05) is 58.0 Å². The number of hydrogen-bond acceptors (Lipinski definition) is 3. The molecule has 2 aromatic carbocycles. The molecule has 0 amide bonds. The third-order valence-electron chi connectivity index (χ3n) is 3.22. The molecule has 4 nitrogen and oxygen atoms in total. The maximum Gasteiger partial charge on any atom is 0.226 e. The second-order valence-corrected chi connectivity index (χ2v) is 6.71. The lowest BCUT2D eigenvalue weighted by molar-refractivity contribution is 0.101. The Hall–Kier alpha value is -1.66. The van der Waals surface area contributed by atoms with Gasteiger partial charge in [0.1, 0.15) is 6.07 Å². The molecule has 0 unspecified atom stereocenters. The van der Waals surface area contributed by atoms with Crippen LogP contribution >= 0.6 is 58.0 Å². The number of anilines is 2. The van der Waals surface area contributed by atoms with E-state index in [0.717, 1.165) is 0 Å². The zero-order valence-electron chi connectivity index (χ0n) is 12.3. The standard InChI is InChI=1S/C16H6Cl5N3O/c1-6(25)7-3-9(17)15(10(18)4-7)24-14-8(5-22)11(19)16(23-2)13(21)12(14)20/h3-4,24H,1H3. The summed E-state index contributed by atoms with van der Waals surface area (Å²) in [6, 6.07) is 4.73. The van der Waals surface area contributed by atoms with Crippen molar-refractivity contribution in [3.63, 3.8) is 0 Å². The van der Waals surface area contributed by atoms with Crippen molar-refractivity contribution in [2.45, 2.75) is 6.92 Å². The zero-order valence-corrected chi connectivity index (χ0v) is 16.1. The van der Waals surface area contributed by atoms with E-state index < -0.39 is 0 Å². The number of nitrogens with one attached hydrogen (secondary N) is 1. The van der Waals surface area contributed by atoms with Gasteiger partial charge in [-0.05, 0) is 19.1 Å². The first kappa shape index (κ1) is 19.7. The van der Waals surface area contributed by atoms with Crippen LogP contribution < -0.4 is 5.32 Å². The summed E-state index contributed by atoms with van der Waals surface area (Å²) in [6.45, 7) is 8.49. The van der Waals surface area contributed by atoms with Gasteiger partial charge in [-0.3, -0.25) is 4.79 Å². The maximum atomic E-state index is 11.5. The van der Waals surface area contributed by atoms with Crippen LogP contribution in [0.1, 0.15) is 22.8 Å². The summed E-state index contributed by atoms with van der Waals surface area (Å²) in [6.07, 6.45) is 0. The van der Waals surface area contributed by atoms with Crippen LogP contribution in [0.3, 0.4) is 0 Å². The molecule has 9 heteroatoms. The molecule has 126 valence electrons. The van der Waals surface area contributed by atoms with Crippen molar-refractivity contribution >= 4 is 80.9 Å². The van der Waals surface area contributed by atoms with E-state index in [0.29, 0.717) is 5.56 Å². The number of ketones is 1. The van der Waals surface area contributed by atoms with E-state index in [9.17, 15) is 10.1 Å². The van der Waals surface area contributed by atoms with Crippen molar-refractivity contribution in [3.8, 4) is 6.07 Å². The van der Waals surface area contributed by atoms with Crippen LogP contribution in [-0.4, -0.2) is 5.78 Å².